The van der Waals surface area contributed by atoms with Crippen molar-refractivity contribution in [3.05, 3.63) is 55.6 Å². The minimum absolute atomic E-state index is 0.0750. The Morgan fingerprint density at radius 2 is 1.95 bits per heavy atom. The van der Waals surface area contributed by atoms with Crippen LogP contribution in [-0.4, -0.2) is 16.1 Å². The Balaban J connectivity index is 2.30. The number of aliphatic carboxylic acids is 1. The molecule has 0 saturated carbocycles. The van der Waals surface area contributed by atoms with Crippen molar-refractivity contribution in [1.29, 1.82) is 0 Å². The van der Waals surface area contributed by atoms with Crippen LogP contribution in [0.15, 0.2) is 36.4 Å². The molecular formula is C16H10Cl2INO2. The van der Waals surface area contributed by atoms with Gasteiger partial charge in [-0.05, 0) is 64.6 Å². The van der Waals surface area contributed by atoms with Crippen molar-refractivity contribution in [2.45, 2.75) is 6.42 Å². The Hall–Kier alpha value is -1.24. The first-order valence-electron chi connectivity index (χ1n) is 6.43. The molecule has 0 radical (unpaired) electrons. The minimum Gasteiger partial charge on any atom is -0.481 e. The molecule has 2 aromatic carbocycles. The van der Waals surface area contributed by atoms with Gasteiger partial charge in [-0.2, -0.15) is 0 Å². The van der Waals surface area contributed by atoms with E-state index >= 15 is 0 Å². The molecule has 6 heteroatoms. The molecule has 3 aromatic rings. The predicted molar refractivity (Wildman–Crippen MR) is 97.8 cm³/mol. The summed E-state index contributed by atoms with van der Waals surface area (Å²) < 4.78 is 1.05. The van der Waals surface area contributed by atoms with Gasteiger partial charge in [0, 0.05) is 25.1 Å². The van der Waals surface area contributed by atoms with E-state index < -0.39 is 5.97 Å². The van der Waals surface area contributed by atoms with Crippen LogP contribution in [-0.2, 0) is 11.2 Å². The van der Waals surface area contributed by atoms with Crippen molar-refractivity contribution in [2.75, 3.05) is 0 Å². The molecular weight excluding hydrogens is 436 g/mol. The molecule has 0 aliphatic carbocycles. The zero-order chi connectivity index (χ0) is 15.9. The summed E-state index contributed by atoms with van der Waals surface area (Å²) >= 11 is 14.4. The number of aromatic nitrogens is 1. The summed E-state index contributed by atoms with van der Waals surface area (Å²) in [5.41, 5.74) is 3.08. The predicted octanol–water partition coefficient (Wildman–Crippen LogP) is 5.37. The number of benzene rings is 2. The third kappa shape index (κ3) is 2.95. The van der Waals surface area contributed by atoms with E-state index in [0.717, 1.165) is 31.3 Å². The number of fused-ring (bicyclic) bond motifs is 1. The summed E-state index contributed by atoms with van der Waals surface area (Å²) in [6.45, 7) is 0. The van der Waals surface area contributed by atoms with Crippen molar-refractivity contribution >= 4 is 62.7 Å². The smallest absolute Gasteiger partial charge is 0.307 e. The zero-order valence-electron chi connectivity index (χ0n) is 11.2. The van der Waals surface area contributed by atoms with Crippen molar-refractivity contribution in [3.8, 4) is 11.3 Å². The number of carboxylic acids is 1. The first-order valence-corrected chi connectivity index (χ1v) is 8.26. The van der Waals surface area contributed by atoms with Crippen molar-refractivity contribution < 1.29 is 9.90 Å². The quantitative estimate of drug-likeness (QED) is 0.532. The fourth-order valence-electron chi connectivity index (χ4n) is 2.48. The summed E-state index contributed by atoms with van der Waals surface area (Å²) in [4.78, 5) is 14.5. The second kappa shape index (κ2) is 6.10. The van der Waals surface area contributed by atoms with Gasteiger partial charge in [0.1, 0.15) is 0 Å². The van der Waals surface area contributed by atoms with Gasteiger partial charge in [-0.25, -0.2) is 0 Å². The third-order valence-electron chi connectivity index (χ3n) is 3.40. The lowest BCUT2D eigenvalue weighted by molar-refractivity contribution is -0.136. The molecule has 22 heavy (non-hydrogen) atoms. The van der Waals surface area contributed by atoms with E-state index in [1.165, 1.54) is 0 Å². The highest BCUT2D eigenvalue weighted by atomic mass is 127. The maximum absolute atomic E-state index is 11.2. The van der Waals surface area contributed by atoms with Gasteiger partial charge in [0.25, 0.3) is 0 Å². The molecule has 112 valence electrons. The van der Waals surface area contributed by atoms with Gasteiger partial charge in [-0.1, -0.05) is 23.2 Å². The maximum atomic E-state index is 11.2. The molecule has 1 heterocycles. The standard InChI is InChI=1S/C16H10Cl2INO2/c17-8-1-3-10(13(18)5-8)16-12(7-15(21)22)11-6-9(19)2-4-14(11)20-16/h1-6,20H,7H2,(H,21,22). The van der Waals surface area contributed by atoms with Crippen molar-refractivity contribution in [3.63, 3.8) is 0 Å². The molecule has 0 bridgehead atoms. The molecule has 0 unspecified atom stereocenters. The molecule has 0 saturated heterocycles. The Morgan fingerprint density at radius 1 is 1.18 bits per heavy atom. The summed E-state index contributed by atoms with van der Waals surface area (Å²) in [6.07, 6.45) is -0.0750. The molecule has 0 aliphatic heterocycles. The van der Waals surface area contributed by atoms with E-state index in [2.05, 4.69) is 27.6 Å². The van der Waals surface area contributed by atoms with Crippen LogP contribution < -0.4 is 0 Å². The Kier molecular flexibility index (Phi) is 4.34. The highest BCUT2D eigenvalue weighted by Gasteiger charge is 2.18. The number of H-pyrrole nitrogens is 1. The maximum Gasteiger partial charge on any atom is 0.307 e. The Morgan fingerprint density at radius 3 is 2.64 bits per heavy atom. The van der Waals surface area contributed by atoms with Gasteiger partial charge < -0.3 is 10.1 Å². The van der Waals surface area contributed by atoms with Crippen molar-refractivity contribution in [2.24, 2.45) is 0 Å². The van der Waals surface area contributed by atoms with Crippen LogP contribution in [0.2, 0.25) is 10.0 Å². The third-order valence-corrected chi connectivity index (χ3v) is 4.62. The molecule has 0 atom stereocenters. The van der Waals surface area contributed by atoms with Gasteiger partial charge in [0.15, 0.2) is 0 Å². The van der Waals surface area contributed by atoms with Crippen LogP contribution in [0.25, 0.3) is 22.2 Å². The van der Waals surface area contributed by atoms with E-state index in [9.17, 15) is 9.90 Å². The summed E-state index contributed by atoms with van der Waals surface area (Å²) in [6, 6.07) is 11.1. The lowest BCUT2D eigenvalue weighted by atomic mass is 10.0. The van der Waals surface area contributed by atoms with Crippen molar-refractivity contribution in [1.82, 2.24) is 4.98 Å². The number of hydrogen-bond acceptors (Lipinski definition) is 1. The average Bonchev–Trinajstić information content (AvgIpc) is 2.76. The number of aromatic amines is 1. The topological polar surface area (TPSA) is 53.1 Å². The molecule has 0 spiro atoms. The number of carbonyl (C=O) groups is 1. The second-order valence-electron chi connectivity index (χ2n) is 4.86. The van der Waals surface area contributed by atoms with E-state index in [0.29, 0.717) is 10.0 Å². The summed E-state index contributed by atoms with van der Waals surface area (Å²) in [7, 11) is 0. The van der Waals surface area contributed by atoms with E-state index in [1.807, 2.05) is 18.2 Å². The highest BCUT2D eigenvalue weighted by Crippen LogP contribution is 2.36. The number of rotatable bonds is 3. The minimum atomic E-state index is -0.883. The number of hydrogen-bond donors (Lipinski definition) is 2. The zero-order valence-corrected chi connectivity index (χ0v) is 14.8. The molecule has 3 rings (SSSR count). The number of halogens is 3. The van der Waals surface area contributed by atoms with Crippen LogP contribution >= 0.6 is 45.8 Å². The first-order chi connectivity index (χ1) is 10.5. The lowest BCUT2D eigenvalue weighted by Crippen LogP contribution is -2.01. The second-order valence-corrected chi connectivity index (χ2v) is 6.95. The Labute approximate surface area is 150 Å². The first kappa shape index (κ1) is 15.6. The van der Waals surface area contributed by atoms with E-state index in [4.69, 9.17) is 23.2 Å². The van der Waals surface area contributed by atoms with Crippen LogP contribution in [0, 0.1) is 3.57 Å². The number of carboxylic acid groups (broad SMARTS) is 1. The largest absolute Gasteiger partial charge is 0.481 e. The monoisotopic (exact) mass is 445 g/mol. The lowest BCUT2D eigenvalue weighted by Gasteiger charge is -2.06. The molecule has 0 aliphatic rings. The fraction of sp³-hybridized carbons (Fsp3) is 0.0625. The molecule has 2 N–H and O–H groups in total. The molecule has 0 fully saturated rings. The number of nitrogens with one attached hydrogen (secondary N) is 1. The SMILES string of the molecule is O=C(O)Cc1c(-c2ccc(Cl)cc2Cl)[nH]c2ccc(I)cc12. The average molecular weight is 446 g/mol. The molecule has 0 amide bonds. The van der Waals surface area contributed by atoms with Gasteiger partial charge in [0.2, 0.25) is 0 Å². The van der Waals surface area contributed by atoms with Crippen LogP contribution in [0.1, 0.15) is 5.56 Å². The van der Waals surface area contributed by atoms with Gasteiger partial charge in [-0.15, -0.1) is 0 Å². The van der Waals surface area contributed by atoms with E-state index in [1.54, 1.807) is 18.2 Å². The van der Waals surface area contributed by atoms with Crippen LogP contribution in [0.4, 0.5) is 0 Å². The van der Waals surface area contributed by atoms with Crippen LogP contribution in [0.3, 0.4) is 0 Å². The highest BCUT2D eigenvalue weighted by molar-refractivity contribution is 14.1. The summed E-state index contributed by atoms with van der Waals surface area (Å²) in [5.74, 6) is -0.883. The fourth-order valence-corrected chi connectivity index (χ4v) is 3.47. The van der Waals surface area contributed by atoms with Gasteiger partial charge in [-0.3, -0.25) is 4.79 Å². The Bertz CT molecular complexity index is 889. The van der Waals surface area contributed by atoms with E-state index in [-0.39, 0.29) is 6.42 Å². The van der Waals surface area contributed by atoms with Gasteiger partial charge in [0.05, 0.1) is 17.1 Å². The summed E-state index contributed by atoms with van der Waals surface area (Å²) in [5, 5.41) is 11.2. The molecule has 3 nitrogen and oxygen atoms in total. The normalized spacial score (nSPS) is 11.0. The molecule has 1 aromatic heterocycles. The van der Waals surface area contributed by atoms with Crippen LogP contribution in [0.5, 0.6) is 0 Å². The van der Waals surface area contributed by atoms with Gasteiger partial charge >= 0.3 is 5.97 Å².